The average Bonchev–Trinajstić information content (AvgIpc) is 2.30. The second kappa shape index (κ2) is 3.79. The van der Waals surface area contributed by atoms with Crippen molar-refractivity contribution in [3.05, 3.63) is 56.3 Å². The van der Waals surface area contributed by atoms with Crippen molar-refractivity contribution in [2.75, 3.05) is 5.01 Å². The van der Waals surface area contributed by atoms with Gasteiger partial charge in [0, 0.05) is 0 Å². The lowest BCUT2D eigenvalue weighted by Crippen LogP contribution is -2.43. The molecule has 2 rings (SSSR count). The van der Waals surface area contributed by atoms with Crippen LogP contribution in [0, 0.1) is 0 Å². The Bertz CT molecular complexity index is 570. The van der Waals surface area contributed by atoms with E-state index in [4.69, 9.17) is 5.84 Å². The number of hydrogen-bond acceptors (Lipinski definition) is 5. The maximum absolute atomic E-state index is 11.1. The SMILES string of the molecule is NN(Cc1ccccc1)c1c(O)c(=O)c1=O. The molecule has 0 aliphatic rings. The summed E-state index contributed by atoms with van der Waals surface area (Å²) < 4.78 is 0. The van der Waals surface area contributed by atoms with Gasteiger partial charge in [0.1, 0.15) is 0 Å². The van der Waals surface area contributed by atoms with Crippen LogP contribution in [0.5, 0.6) is 5.75 Å². The molecule has 82 valence electrons. The van der Waals surface area contributed by atoms with Crippen LogP contribution in [0.3, 0.4) is 0 Å². The third-order valence-electron chi connectivity index (χ3n) is 2.34. The van der Waals surface area contributed by atoms with Crippen molar-refractivity contribution >= 4 is 5.69 Å². The molecule has 0 bridgehead atoms. The number of rotatable bonds is 3. The molecule has 5 nitrogen and oxygen atoms in total. The summed E-state index contributed by atoms with van der Waals surface area (Å²) in [5.74, 6) is 5.04. The Morgan fingerprint density at radius 2 is 1.75 bits per heavy atom. The van der Waals surface area contributed by atoms with Gasteiger partial charge >= 0.3 is 0 Å². The van der Waals surface area contributed by atoms with E-state index < -0.39 is 16.6 Å². The molecule has 2 aromatic carbocycles. The van der Waals surface area contributed by atoms with Crippen LogP contribution >= 0.6 is 0 Å². The van der Waals surface area contributed by atoms with Crippen LogP contribution in [0.1, 0.15) is 5.56 Å². The first-order chi connectivity index (χ1) is 7.61. The highest BCUT2D eigenvalue weighted by Crippen LogP contribution is 2.19. The van der Waals surface area contributed by atoms with Gasteiger partial charge in [-0.2, -0.15) is 0 Å². The Kier molecular flexibility index (Phi) is 2.46. The van der Waals surface area contributed by atoms with E-state index in [-0.39, 0.29) is 12.2 Å². The van der Waals surface area contributed by atoms with E-state index in [1.807, 2.05) is 30.3 Å². The molecule has 0 amide bonds. The van der Waals surface area contributed by atoms with E-state index in [1.165, 1.54) is 0 Å². The number of aromatic hydroxyl groups is 1. The van der Waals surface area contributed by atoms with Crippen LogP contribution in [0.2, 0.25) is 0 Å². The van der Waals surface area contributed by atoms with Crippen LogP contribution in [-0.4, -0.2) is 5.11 Å². The summed E-state index contributed by atoms with van der Waals surface area (Å²) >= 11 is 0. The summed E-state index contributed by atoms with van der Waals surface area (Å²) in [4.78, 5) is 21.9. The van der Waals surface area contributed by atoms with Gasteiger partial charge in [0.2, 0.25) is 0 Å². The lowest BCUT2D eigenvalue weighted by molar-refractivity contribution is 0.461. The van der Waals surface area contributed by atoms with Gasteiger partial charge in [-0.25, -0.2) is 5.84 Å². The van der Waals surface area contributed by atoms with E-state index in [9.17, 15) is 14.7 Å². The molecule has 5 heteroatoms. The normalized spacial score (nSPS) is 10.6. The Morgan fingerprint density at radius 1 is 1.12 bits per heavy atom. The van der Waals surface area contributed by atoms with E-state index in [0.717, 1.165) is 10.6 Å². The van der Waals surface area contributed by atoms with Gasteiger partial charge in [-0.15, -0.1) is 0 Å². The molecule has 0 saturated heterocycles. The molecule has 0 aliphatic heterocycles. The quantitative estimate of drug-likeness (QED) is 0.426. The third-order valence-corrected chi connectivity index (χ3v) is 2.34. The van der Waals surface area contributed by atoms with Crippen LogP contribution in [0.15, 0.2) is 39.9 Å². The smallest absolute Gasteiger partial charge is 0.271 e. The van der Waals surface area contributed by atoms with Crippen molar-refractivity contribution in [3.8, 4) is 5.75 Å². The van der Waals surface area contributed by atoms with Gasteiger partial charge in [-0.3, -0.25) is 14.6 Å². The second-order valence-electron chi connectivity index (χ2n) is 3.47. The molecule has 0 fully saturated rings. The van der Waals surface area contributed by atoms with Gasteiger partial charge < -0.3 is 5.11 Å². The summed E-state index contributed by atoms with van der Waals surface area (Å²) in [5.41, 5.74) is -0.847. The minimum atomic E-state index is -0.876. The number of hydrogen-bond donors (Lipinski definition) is 2. The topological polar surface area (TPSA) is 83.6 Å². The number of anilines is 1. The monoisotopic (exact) mass is 218 g/mol. The fraction of sp³-hybridized carbons (Fsp3) is 0.0909. The van der Waals surface area contributed by atoms with Crippen LogP contribution in [0.4, 0.5) is 5.69 Å². The van der Waals surface area contributed by atoms with E-state index >= 15 is 0 Å². The first-order valence-electron chi connectivity index (χ1n) is 4.69. The van der Waals surface area contributed by atoms with Gasteiger partial charge in [0.05, 0.1) is 6.54 Å². The van der Waals surface area contributed by atoms with Crippen molar-refractivity contribution in [3.63, 3.8) is 0 Å². The molecule has 0 radical (unpaired) electrons. The number of benzene rings is 1. The number of nitrogens with zero attached hydrogens (tertiary/aromatic N) is 1. The summed E-state index contributed by atoms with van der Waals surface area (Å²) in [6.45, 7) is 0.263. The van der Waals surface area contributed by atoms with E-state index in [2.05, 4.69) is 0 Å². The van der Waals surface area contributed by atoms with Gasteiger partial charge in [-0.05, 0) is 5.56 Å². The number of hydrazine groups is 1. The van der Waals surface area contributed by atoms with E-state index in [1.54, 1.807) is 0 Å². The molecular formula is C11H10N2O3. The zero-order chi connectivity index (χ0) is 11.7. The first-order valence-corrected chi connectivity index (χ1v) is 4.69. The highest BCUT2D eigenvalue weighted by molar-refractivity contribution is 5.61. The summed E-state index contributed by atoms with van der Waals surface area (Å²) in [6, 6.07) is 9.21. The van der Waals surface area contributed by atoms with E-state index in [0.29, 0.717) is 0 Å². The Morgan fingerprint density at radius 3 is 2.31 bits per heavy atom. The van der Waals surface area contributed by atoms with Crippen molar-refractivity contribution in [2.45, 2.75) is 6.54 Å². The molecule has 0 heterocycles. The zero-order valence-electron chi connectivity index (χ0n) is 8.38. The number of nitrogens with two attached hydrogens (primary N) is 1. The van der Waals surface area contributed by atoms with Crippen molar-refractivity contribution in [2.24, 2.45) is 5.84 Å². The Hall–Kier alpha value is -2.14. The second-order valence-corrected chi connectivity index (χ2v) is 3.47. The van der Waals surface area contributed by atoms with Crippen LogP contribution < -0.4 is 21.7 Å². The minimum Gasteiger partial charge on any atom is -0.502 e. The maximum Gasteiger partial charge on any atom is 0.271 e. The van der Waals surface area contributed by atoms with Gasteiger partial charge in [-0.1, -0.05) is 30.3 Å². The van der Waals surface area contributed by atoms with Gasteiger partial charge in [0.15, 0.2) is 11.4 Å². The standard InChI is InChI=1S/C11H10N2O3/c12-13(6-7-4-2-1-3-5-7)8-9(14)11(16)10(8)15/h1-5,14H,6,12H2. The Balaban J connectivity index is 2.20. The molecule has 3 N–H and O–H groups in total. The molecule has 0 unspecified atom stereocenters. The van der Waals surface area contributed by atoms with Gasteiger partial charge in [0.25, 0.3) is 10.9 Å². The first kappa shape index (κ1) is 10.4. The summed E-state index contributed by atoms with van der Waals surface area (Å²) in [7, 11) is 0. The molecule has 16 heavy (non-hydrogen) atoms. The molecule has 0 spiro atoms. The van der Waals surface area contributed by atoms with Crippen molar-refractivity contribution in [1.82, 2.24) is 0 Å². The lowest BCUT2D eigenvalue weighted by Gasteiger charge is -2.19. The van der Waals surface area contributed by atoms with Crippen molar-refractivity contribution in [1.29, 1.82) is 0 Å². The fourth-order valence-corrected chi connectivity index (χ4v) is 1.49. The Labute approximate surface area is 91.0 Å². The van der Waals surface area contributed by atoms with Crippen LogP contribution in [0.25, 0.3) is 0 Å². The molecule has 0 atom stereocenters. The van der Waals surface area contributed by atoms with Crippen molar-refractivity contribution < 1.29 is 5.11 Å². The lowest BCUT2D eigenvalue weighted by atomic mass is 10.2. The van der Waals surface area contributed by atoms with Crippen LogP contribution in [-0.2, 0) is 6.54 Å². The molecule has 2 aromatic rings. The predicted octanol–water partition coefficient (Wildman–Crippen LogP) is -0.132. The maximum atomic E-state index is 11.1. The predicted molar refractivity (Wildman–Crippen MR) is 59.8 cm³/mol. The molecule has 0 aliphatic carbocycles. The fourth-order valence-electron chi connectivity index (χ4n) is 1.49. The molecular weight excluding hydrogens is 208 g/mol. The summed E-state index contributed by atoms with van der Waals surface area (Å²) in [6.07, 6.45) is 0. The highest BCUT2D eigenvalue weighted by Gasteiger charge is 2.23. The highest BCUT2D eigenvalue weighted by atomic mass is 16.3. The third kappa shape index (κ3) is 1.57. The summed E-state index contributed by atoms with van der Waals surface area (Å²) in [5, 5.41) is 10.3. The molecule has 0 saturated carbocycles. The largest absolute Gasteiger partial charge is 0.502 e. The average molecular weight is 218 g/mol. The molecule has 0 aromatic heterocycles. The minimum absolute atomic E-state index is 0.117. The zero-order valence-corrected chi connectivity index (χ0v) is 8.38.